The molecule has 0 fully saturated rings. The monoisotopic (exact) mass is 566 g/mol. The topological polar surface area (TPSA) is 134 Å². The minimum Gasteiger partial charge on any atom is -0.489 e. The van der Waals surface area contributed by atoms with Gasteiger partial charge in [-0.15, -0.1) is 0 Å². The first kappa shape index (κ1) is 27.3. The summed E-state index contributed by atoms with van der Waals surface area (Å²) in [6, 6.07) is 15.6. The molecule has 1 aliphatic rings. The van der Waals surface area contributed by atoms with E-state index in [1.807, 2.05) is 32.0 Å². The standard InChI is InChI=1S/C28H27FN4O6S/c1-17-7-8-18(2)19(15-17)16-39-20-9-11-21(12-10-20)40(37,38)32-14-13-23-25(26(32)27(34)31-36)28(35)33(30-23)24-6-4-3-5-22(24)29/h3-12,15,26,30,36H,13-14,16H2,1-2H3,(H,31,34). The highest BCUT2D eigenvalue weighted by Crippen LogP contribution is 2.33. The number of hydroxylamine groups is 1. The van der Waals surface area contributed by atoms with E-state index < -0.39 is 33.3 Å². The molecular weight excluding hydrogens is 539 g/mol. The Labute approximate surface area is 229 Å². The first-order valence-corrected chi connectivity index (χ1v) is 13.9. The maximum absolute atomic E-state index is 14.4. The molecule has 0 radical (unpaired) electrons. The molecule has 0 saturated carbocycles. The van der Waals surface area contributed by atoms with Crippen molar-refractivity contribution in [2.75, 3.05) is 6.54 Å². The van der Waals surface area contributed by atoms with Crippen molar-refractivity contribution in [2.24, 2.45) is 0 Å². The first-order chi connectivity index (χ1) is 19.1. The second-order valence-corrected chi connectivity index (χ2v) is 11.4. The summed E-state index contributed by atoms with van der Waals surface area (Å²) in [5.74, 6) is -1.35. The average molecular weight is 567 g/mol. The van der Waals surface area contributed by atoms with Crippen molar-refractivity contribution in [3.05, 3.63) is 111 Å². The number of nitrogens with zero attached hydrogens (tertiary/aromatic N) is 2. The lowest BCUT2D eigenvalue weighted by molar-refractivity contribution is -0.133. The van der Waals surface area contributed by atoms with Gasteiger partial charge in [-0.1, -0.05) is 35.9 Å². The number of sulfonamides is 1. The van der Waals surface area contributed by atoms with Gasteiger partial charge in [0, 0.05) is 18.7 Å². The molecule has 0 aliphatic carbocycles. The second-order valence-electron chi connectivity index (χ2n) is 9.53. The van der Waals surface area contributed by atoms with Crippen LogP contribution in [-0.4, -0.2) is 40.2 Å². The number of benzene rings is 3. The summed E-state index contributed by atoms with van der Waals surface area (Å²) in [6.07, 6.45) is 0.0531. The molecule has 1 amide bonds. The molecule has 10 nitrogen and oxygen atoms in total. The maximum Gasteiger partial charge on any atom is 0.276 e. The van der Waals surface area contributed by atoms with Gasteiger partial charge >= 0.3 is 0 Å². The van der Waals surface area contributed by atoms with E-state index in [0.717, 1.165) is 25.7 Å². The Morgan fingerprint density at radius 1 is 1.12 bits per heavy atom. The van der Waals surface area contributed by atoms with Crippen molar-refractivity contribution in [2.45, 2.75) is 37.8 Å². The van der Waals surface area contributed by atoms with Crippen LogP contribution in [0.15, 0.2) is 76.4 Å². The Bertz CT molecular complexity index is 1750. The third-order valence-corrected chi connectivity index (χ3v) is 8.81. The highest BCUT2D eigenvalue weighted by Gasteiger charge is 2.44. The van der Waals surface area contributed by atoms with Crippen molar-refractivity contribution >= 4 is 15.9 Å². The van der Waals surface area contributed by atoms with Crippen molar-refractivity contribution in [1.29, 1.82) is 0 Å². The number of hydrogen-bond acceptors (Lipinski definition) is 6. The molecule has 3 aromatic carbocycles. The van der Waals surface area contributed by atoms with E-state index in [1.54, 1.807) is 0 Å². The summed E-state index contributed by atoms with van der Waals surface area (Å²) in [6.45, 7) is 4.09. The zero-order valence-electron chi connectivity index (χ0n) is 21.7. The molecule has 208 valence electrons. The van der Waals surface area contributed by atoms with Crippen LogP contribution in [0.25, 0.3) is 5.69 Å². The Kier molecular flexibility index (Phi) is 7.32. The molecule has 40 heavy (non-hydrogen) atoms. The van der Waals surface area contributed by atoms with Gasteiger partial charge in [-0.25, -0.2) is 23.0 Å². The number of hydrogen-bond donors (Lipinski definition) is 3. The predicted octanol–water partition coefficient (Wildman–Crippen LogP) is 3.29. The van der Waals surface area contributed by atoms with Gasteiger partial charge in [-0.3, -0.25) is 19.9 Å². The minimum absolute atomic E-state index is 0.0531. The number of aromatic amines is 1. The summed E-state index contributed by atoms with van der Waals surface area (Å²) >= 11 is 0. The van der Waals surface area contributed by atoms with E-state index in [1.165, 1.54) is 54.0 Å². The summed E-state index contributed by atoms with van der Waals surface area (Å²) in [4.78, 5) is 26.0. The van der Waals surface area contributed by atoms with E-state index in [-0.39, 0.29) is 34.8 Å². The smallest absolute Gasteiger partial charge is 0.276 e. The lowest BCUT2D eigenvalue weighted by Gasteiger charge is -2.32. The highest BCUT2D eigenvalue weighted by molar-refractivity contribution is 7.89. The molecule has 4 aromatic rings. The van der Waals surface area contributed by atoms with Crippen LogP contribution in [-0.2, 0) is 27.8 Å². The fraction of sp³-hybridized carbons (Fsp3) is 0.214. The number of aromatic nitrogens is 2. The molecule has 2 heterocycles. The van der Waals surface area contributed by atoms with Gasteiger partial charge in [0.25, 0.3) is 11.5 Å². The number of carbonyl (C=O) groups excluding carboxylic acids is 1. The van der Waals surface area contributed by atoms with Crippen LogP contribution in [0, 0.1) is 19.7 Å². The quantitative estimate of drug-likeness (QED) is 0.232. The zero-order valence-corrected chi connectivity index (χ0v) is 22.5. The SMILES string of the molecule is Cc1ccc(C)c(COc2ccc(S(=O)(=O)N3CCc4[nH]n(-c5ccccc5F)c(=O)c4C3C(=O)NO)cc2)c1. The van der Waals surface area contributed by atoms with Crippen molar-refractivity contribution < 1.29 is 27.5 Å². The summed E-state index contributed by atoms with van der Waals surface area (Å²) < 4.78 is 49.4. The highest BCUT2D eigenvalue weighted by atomic mass is 32.2. The lowest BCUT2D eigenvalue weighted by atomic mass is 10.0. The molecule has 0 bridgehead atoms. The molecule has 0 spiro atoms. The number of aryl methyl sites for hydroxylation is 2. The molecule has 0 saturated heterocycles. The van der Waals surface area contributed by atoms with Crippen LogP contribution in [0.4, 0.5) is 4.39 Å². The molecule has 1 atom stereocenters. The third-order valence-electron chi connectivity index (χ3n) is 6.93. The molecule has 5 rings (SSSR count). The fourth-order valence-electron chi connectivity index (χ4n) is 4.81. The predicted molar refractivity (Wildman–Crippen MR) is 143 cm³/mol. The summed E-state index contributed by atoms with van der Waals surface area (Å²) in [5.41, 5.74) is 3.82. The zero-order chi connectivity index (χ0) is 28.6. The van der Waals surface area contributed by atoms with Gasteiger partial charge in [-0.05, 0) is 61.4 Å². The summed E-state index contributed by atoms with van der Waals surface area (Å²) in [5, 5.41) is 12.2. The van der Waals surface area contributed by atoms with Crippen molar-refractivity contribution in [3.63, 3.8) is 0 Å². The number of H-pyrrole nitrogens is 1. The Balaban J connectivity index is 1.45. The average Bonchev–Trinajstić information content (AvgIpc) is 3.29. The number of ether oxygens (including phenoxy) is 1. The van der Waals surface area contributed by atoms with Gasteiger partial charge in [0.15, 0.2) is 0 Å². The third kappa shape index (κ3) is 4.92. The van der Waals surface area contributed by atoms with Crippen LogP contribution in [0.1, 0.15) is 34.0 Å². The number of fused-ring (bicyclic) bond motifs is 1. The second kappa shape index (κ2) is 10.7. The summed E-state index contributed by atoms with van der Waals surface area (Å²) in [7, 11) is -4.32. The van der Waals surface area contributed by atoms with Crippen LogP contribution >= 0.6 is 0 Å². The Hall–Kier alpha value is -4.26. The maximum atomic E-state index is 14.4. The number of nitrogens with one attached hydrogen (secondary N) is 2. The Morgan fingerprint density at radius 2 is 1.85 bits per heavy atom. The molecule has 1 aromatic heterocycles. The molecule has 12 heteroatoms. The van der Waals surface area contributed by atoms with Gasteiger partial charge < -0.3 is 4.74 Å². The van der Waals surface area contributed by atoms with Gasteiger partial charge in [0.05, 0.1) is 10.5 Å². The number of para-hydroxylation sites is 1. The van der Waals surface area contributed by atoms with Crippen LogP contribution in [0.3, 0.4) is 0 Å². The van der Waals surface area contributed by atoms with Gasteiger partial charge in [-0.2, -0.15) is 4.31 Å². The van der Waals surface area contributed by atoms with Crippen molar-refractivity contribution in [1.82, 2.24) is 19.6 Å². The normalized spacial score (nSPS) is 15.4. The first-order valence-electron chi connectivity index (χ1n) is 12.5. The van der Waals surface area contributed by atoms with E-state index in [4.69, 9.17) is 4.74 Å². The van der Waals surface area contributed by atoms with E-state index in [9.17, 15) is 27.6 Å². The largest absolute Gasteiger partial charge is 0.489 e. The number of carbonyl (C=O) groups is 1. The molecular formula is C28H27FN4O6S. The van der Waals surface area contributed by atoms with E-state index in [2.05, 4.69) is 5.10 Å². The number of amides is 1. The van der Waals surface area contributed by atoms with Crippen molar-refractivity contribution in [3.8, 4) is 11.4 Å². The van der Waals surface area contributed by atoms with E-state index in [0.29, 0.717) is 12.4 Å². The molecule has 1 unspecified atom stereocenters. The number of rotatable bonds is 7. The minimum atomic E-state index is -4.32. The Morgan fingerprint density at radius 3 is 2.55 bits per heavy atom. The van der Waals surface area contributed by atoms with Gasteiger partial charge in [0.2, 0.25) is 10.0 Å². The molecule has 1 aliphatic heterocycles. The number of halogens is 1. The van der Waals surface area contributed by atoms with Crippen LogP contribution in [0.2, 0.25) is 0 Å². The van der Waals surface area contributed by atoms with Crippen LogP contribution in [0.5, 0.6) is 5.75 Å². The molecule has 3 N–H and O–H groups in total. The van der Waals surface area contributed by atoms with Gasteiger partial charge in [0.1, 0.15) is 29.9 Å². The fourth-order valence-corrected chi connectivity index (χ4v) is 6.37. The van der Waals surface area contributed by atoms with Crippen LogP contribution < -0.4 is 15.8 Å². The van der Waals surface area contributed by atoms with E-state index >= 15 is 0 Å². The lowest BCUT2D eigenvalue weighted by Crippen LogP contribution is -2.48.